The molecule has 0 spiro atoms. The molecule has 5 rings (SSSR count). The third-order valence-electron chi connectivity index (χ3n) is 5.48. The maximum absolute atomic E-state index is 13.0. The van der Waals surface area contributed by atoms with Gasteiger partial charge in [-0.05, 0) is 32.2 Å². The molecule has 0 radical (unpaired) electrons. The fourth-order valence-corrected chi connectivity index (χ4v) is 4.67. The number of morpholine rings is 1. The van der Waals surface area contributed by atoms with Gasteiger partial charge in [0.25, 0.3) is 5.56 Å². The number of nitrogens with zero attached hydrogens (tertiary/aromatic N) is 5. The monoisotopic (exact) mass is 451 g/mol. The van der Waals surface area contributed by atoms with Crippen LogP contribution in [0.5, 0.6) is 0 Å². The molecular formula is C24H29N5O2S. The first-order valence-electron chi connectivity index (χ1n) is 10.7. The molecule has 4 heterocycles. The molecule has 2 aliphatic rings. The van der Waals surface area contributed by atoms with Crippen molar-refractivity contribution in [3.8, 4) is 5.69 Å². The van der Waals surface area contributed by atoms with Crippen molar-refractivity contribution in [3.05, 3.63) is 68.6 Å². The number of likely N-dealkylation sites (N-methyl/N-ethyl adjacent to an activating group) is 2. The lowest BCUT2D eigenvalue weighted by Crippen LogP contribution is -2.32. The van der Waals surface area contributed by atoms with Crippen LogP contribution >= 0.6 is 11.3 Å². The van der Waals surface area contributed by atoms with Gasteiger partial charge < -0.3 is 14.5 Å². The van der Waals surface area contributed by atoms with Gasteiger partial charge in [0.2, 0.25) is 0 Å². The number of hydrogen-bond donors (Lipinski definition) is 0. The Balaban J connectivity index is 0.000000300. The van der Waals surface area contributed by atoms with Crippen LogP contribution in [0.3, 0.4) is 0 Å². The van der Waals surface area contributed by atoms with Gasteiger partial charge >= 0.3 is 0 Å². The van der Waals surface area contributed by atoms with E-state index in [1.165, 1.54) is 11.3 Å². The van der Waals surface area contributed by atoms with Crippen molar-refractivity contribution in [2.75, 3.05) is 54.0 Å². The van der Waals surface area contributed by atoms with Gasteiger partial charge in [0, 0.05) is 32.9 Å². The second kappa shape index (κ2) is 9.77. The van der Waals surface area contributed by atoms with Crippen LogP contribution in [-0.2, 0) is 4.74 Å². The van der Waals surface area contributed by atoms with Crippen molar-refractivity contribution in [2.24, 2.45) is 4.99 Å². The molecule has 3 aromatic rings. The summed E-state index contributed by atoms with van der Waals surface area (Å²) in [6, 6.07) is 7.86. The van der Waals surface area contributed by atoms with Crippen molar-refractivity contribution < 1.29 is 4.74 Å². The highest BCUT2D eigenvalue weighted by molar-refractivity contribution is 7.16. The molecule has 1 fully saturated rings. The first kappa shape index (κ1) is 22.4. The summed E-state index contributed by atoms with van der Waals surface area (Å²) in [5.41, 5.74) is 3.69. The van der Waals surface area contributed by atoms with Gasteiger partial charge in [-0.2, -0.15) is 0 Å². The number of thiophene rings is 1. The Labute approximate surface area is 191 Å². The van der Waals surface area contributed by atoms with Gasteiger partial charge in [-0.15, -0.1) is 11.3 Å². The van der Waals surface area contributed by atoms with Crippen LogP contribution in [0.15, 0.2) is 52.5 Å². The van der Waals surface area contributed by atoms with Gasteiger partial charge in [-0.3, -0.25) is 14.4 Å². The second-order valence-electron chi connectivity index (χ2n) is 8.15. The molecule has 1 saturated heterocycles. The SMILES string of the molecule is CN1CCOCC1.Cc1ccc(-n2cnc3c4c(sc3c2=O)=NCC=CC=4N(C)C)cc1. The van der Waals surface area contributed by atoms with E-state index in [1.807, 2.05) is 56.3 Å². The molecule has 168 valence electrons. The lowest BCUT2D eigenvalue weighted by atomic mass is 10.2. The number of benzene rings is 1. The summed E-state index contributed by atoms with van der Waals surface area (Å²) in [5, 5.41) is 0.951. The molecular weight excluding hydrogens is 422 g/mol. The van der Waals surface area contributed by atoms with Crippen LogP contribution in [-0.4, -0.2) is 73.3 Å². The van der Waals surface area contributed by atoms with Gasteiger partial charge in [-0.1, -0.05) is 23.8 Å². The predicted molar refractivity (Wildman–Crippen MR) is 130 cm³/mol. The Bertz CT molecular complexity index is 1300. The average molecular weight is 452 g/mol. The predicted octanol–water partition coefficient (Wildman–Crippen LogP) is 1.56. The molecule has 32 heavy (non-hydrogen) atoms. The maximum atomic E-state index is 13.0. The fourth-order valence-electron chi connectivity index (χ4n) is 3.60. The zero-order valence-electron chi connectivity index (χ0n) is 19.0. The molecule has 0 bridgehead atoms. The normalized spacial score (nSPS) is 16.1. The van der Waals surface area contributed by atoms with Crippen molar-refractivity contribution in [1.82, 2.24) is 19.4 Å². The maximum Gasteiger partial charge on any atom is 0.275 e. The second-order valence-corrected chi connectivity index (χ2v) is 9.15. The Morgan fingerprint density at radius 3 is 2.47 bits per heavy atom. The minimum absolute atomic E-state index is 0.0517. The first-order valence-corrected chi connectivity index (χ1v) is 11.5. The molecule has 2 aliphatic heterocycles. The van der Waals surface area contributed by atoms with Crippen molar-refractivity contribution >= 4 is 27.3 Å². The lowest BCUT2D eigenvalue weighted by Gasteiger charge is -2.21. The number of aryl methyl sites for hydroxylation is 1. The molecule has 1 aromatic carbocycles. The quantitative estimate of drug-likeness (QED) is 0.592. The summed E-state index contributed by atoms with van der Waals surface area (Å²) in [4.78, 5) is 26.6. The minimum atomic E-state index is -0.0517. The van der Waals surface area contributed by atoms with E-state index in [-0.39, 0.29) is 5.56 Å². The van der Waals surface area contributed by atoms with Gasteiger partial charge in [0.1, 0.15) is 15.7 Å². The van der Waals surface area contributed by atoms with Gasteiger partial charge in [0.05, 0.1) is 36.2 Å². The van der Waals surface area contributed by atoms with E-state index in [0.717, 1.165) is 58.7 Å². The number of aromatic nitrogens is 2. The Morgan fingerprint density at radius 2 is 1.84 bits per heavy atom. The highest BCUT2D eigenvalue weighted by atomic mass is 32.1. The van der Waals surface area contributed by atoms with Gasteiger partial charge in [0.15, 0.2) is 0 Å². The number of ether oxygens (including phenoxy) is 1. The first-order chi connectivity index (χ1) is 15.5. The third kappa shape index (κ3) is 4.67. The third-order valence-corrected chi connectivity index (χ3v) is 6.58. The molecule has 0 atom stereocenters. The molecule has 8 heteroatoms. The van der Waals surface area contributed by atoms with Crippen LogP contribution in [0.25, 0.3) is 21.6 Å². The van der Waals surface area contributed by atoms with Crippen molar-refractivity contribution in [3.63, 3.8) is 0 Å². The number of fused-ring (bicyclic) bond motifs is 3. The molecule has 0 N–H and O–H groups in total. The summed E-state index contributed by atoms with van der Waals surface area (Å²) < 4.78 is 8.21. The van der Waals surface area contributed by atoms with Crippen LogP contribution in [0.2, 0.25) is 0 Å². The van der Waals surface area contributed by atoms with Crippen LogP contribution in [0.4, 0.5) is 0 Å². The van der Waals surface area contributed by atoms with E-state index in [4.69, 9.17) is 4.74 Å². The Kier molecular flexibility index (Phi) is 6.83. The summed E-state index contributed by atoms with van der Waals surface area (Å²) in [6.45, 7) is 6.66. The van der Waals surface area contributed by atoms with Crippen molar-refractivity contribution in [2.45, 2.75) is 6.92 Å². The van der Waals surface area contributed by atoms with E-state index in [0.29, 0.717) is 11.2 Å². The number of rotatable bonds is 2. The highest BCUT2D eigenvalue weighted by Gasteiger charge is 2.15. The Hall–Kier alpha value is -2.81. The van der Waals surface area contributed by atoms with E-state index in [2.05, 4.69) is 28.0 Å². The minimum Gasteiger partial charge on any atom is -0.379 e. The van der Waals surface area contributed by atoms with Crippen molar-refractivity contribution in [1.29, 1.82) is 0 Å². The molecule has 0 unspecified atom stereocenters. The van der Waals surface area contributed by atoms with E-state index >= 15 is 0 Å². The van der Waals surface area contributed by atoms with E-state index in [1.54, 1.807) is 10.9 Å². The summed E-state index contributed by atoms with van der Waals surface area (Å²) in [7, 11) is 6.10. The zero-order valence-corrected chi connectivity index (χ0v) is 19.9. The molecule has 0 saturated carbocycles. The van der Waals surface area contributed by atoms with Crippen LogP contribution in [0.1, 0.15) is 5.56 Å². The Morgan fingerprint density at radius 1 is 1.12 bits per heavy atom. The molecule has 7 nitrogen and oxygen atoms in total. The molecule has 0 aliphatic carbocycles. The summed E-state index contributed by atoms with van der Waals surface area (Å²) in [5.74, 6) is 0. The lowest BCUT2D eigenvalue weighted by molar-refractivity contribution is 0.0503. The number of hydrogen-bond acceptors (Lipinski definition) is 7. The summed E-state index contributed by atoms with van der Waals surface area (Å²) >= 11 is 1.42. The van der Waals surface area contributed by atoms with Crippen LogP contribution in [0, 0.1) is 6.92 Å². The van der Waals surface area contributed by atoms with Crippen LogP contribution < -0.4 is 15.4 Å². The van der Waals surface area contributed by atoms with Gasteiger partial charge in [-0.25, -0.2) is 4.98 Å². The smallest absolute Gasteiger partial charge is 0.275 e. The highest BCUT2D eigenvalue weighted by Crippen LogP contribution is 2.13. The zero-order chi connectivity index (χ0) is 22.7. The average Bonchev–Trinajstić information content (AvgIpc) is 3.01. The molecule has 2 aromatic heterocycles. The molecule has 0 amide bonds. The fraction of sp³-hybridized carbons (Fsp3) is 0.375. The standard InChI is InChI=1S/C19H18N4OS.C5H11NO/c1-12-6-8-13(9-7-12)23-11-21-16-15-14(22(2)3)5-4-10-20-18(15)25-17(16)19(23)24;1-6-2-4-7-5-3-6/h4-9,11H,10H2,1-3H3;2-5H2,1H3. The van der Waals surface area contributed by atoms with E-state index in [9.17, 15) is 4.79 Å². The largest absolute Gasteiger partial charge is 0.379 e. The summed E-state index contributed by atoms with van der Waals surface area (Å²) in [6.07, 6.45) is 5.69. The van der Waals surface area contributed by atoms with E-state index < -0.39 is 0 Å². The topological polar surface area (TPSA) is 63.0 Å².